The molecule has 1 amide bonds. The molecular formula is C52H91N3O9. The van der Waals surface area contributed by atoms with Gasteiger partial charge < -0.3 is 45.4 Å². The van der Waals surface area contributed by atoms with Crippen molar-refractivity contribution < 1.29 is 44.9 Å². The lowest BCUT2D eigenvalue weighted by Gasteiger charge is -2.40. The van der Waals surface area contributed by atoms with Gasteiger partial charge >= 0.3 is 0 Å². The molecule has 1 fully saturated rings. The maximum Gasteiger partial charge on any atom is 0.220 e. The van der Waals surface area contributed by atoms with Gasteiger partial charge in [0.1, 0.15) is 36.6 Å². The molecule has 1 saturated heterocycles. The van der Waals surface area contributed by atoms with Crippen molar-refractivity contribution in [3.05, 3.63) is 53.3 Å². The van der Waals surface area contributed by atoms with Crippen LogP contribution in [0, 0.1) is 0 Å². The Labute approximate surface area is 386 Å². The average Bonchev–Trinajstić information content (AvgIpc) is 3.78. The second-order valence-corrected chi connectivity index (χ2v) is 18.7. The summed E-state index contributed by atoms with van der Waals surface area (Å²) in [5, 5.41) is 70.5. The number of aryl methyl sites for hydroxylation is 3. The Morgan fingerprint density at radius 1 is 0.672 bits per heavy atom. The predicted octanol–water partition coefficient (Wildman–Crippen LogP) is 8.94. The van der Waals surface area contributed by atoms with E-state index in [1.165, 1.54) is 139 Å². The highest BCUT2D eigenvalue weighted by molar-refractivity contribution is 5.76. The largest absolute Gasteiger partial charge is 0.394 e. The monoisotopic (exact) mass is 902 g/mol. The van der Waals surface area contributed by atoms with E-state index < -0.39 is 55.6 Å². The lowest BCUT2D eigenvalue weighted by Crippen LogP contribution is -2.60. The van der Waals surface area contributed by atoms with Crippen molar-refractivity contribution in [2.75, 3.05) is 13.2 Å². The fourth-order valence-electron chi connectivity index (χ4n) is 8.82. The van der Waals surface area contributed by atoms with Crippen LogP contribution in [0.4, 0.5) is 0 Å². The van der Waals surface area contributed by atoms with Crippen molar-refractivity contribution in [3.8, 4) is 0 Å². The second kappa shape index (κ2) is 34.8. The van der Waals surface area contributed by atoms with Gasteiger partial charge in [0.25, 0.3) is 0 Å². The van der Waals surface area contributed by atoms with Crippen molar-refractivity contribution >= 4 is 5.91 Å². The molecule has 12 nitrogen and oxygen atoms in total. The number of hydrogen-bond acceptors (Lipinski definition) is 10. The van der Waals surface area contributed by atoms with Gasteiger partial charge in [-0.05, 0) is 43.2 Å². The molecule has 1 aromatic carbocycles. The third kappa shape index (κ3) is 22.9. The predicted molar refractivity (Wildman–Crippen MR) is 255 cm³/mol. The molecule has 368 valence electrons. The molecule has 0 aliphatic carbocycles. The van der Waals surface area contributed by atoms with Crippen LogP contribution in [0.25, 0.3) is 0 Å². The number of aliphatic hydroxyl groups is 6. The number of rotatable bonds is 39. The Morgan fingerprint density at radius 3 is 1.67 bits per heavy atom. The molecule has 1 aromatic heterocycles. The van der Waals surface area contributed by atoms with Gasteiger partial charge in [-0.25, -0.2) is 0 Å². The van der Waals surface area contributed by atoms with Gasteiger partial charge in [0.15, 0.2) is 6.29 Å². The number of benzene rings is 1. The number of carbonyl (C=O) groups excluding carboxylic acids is 1. The molecule has 3 rings (SSSR count). The fraction of sp³-hybridized carbons (Fsp3) is 0.808. The summed E-state index contributed by atoms with van der Waals surface area (Å²) in [6, 6.07) is 7.65. The van der Waals surface area contributed by atoms with Gasteiger partial charge in [-0.1, -0.05) is 186 Å². The number of amides is 1. The molecule has 2 heterocycles. The highest BCUT2D eigenvalue weighted by Crippen LogP contribution is 2.25. The summed E-state index contributed by atoms with van der Waals surface area (Å²) in [4.78, 5) is 13.2. The van der Waals surface area contributed by atoms with Crippen LogP contribution in [0.15, 0.2) is 36.7 Å². The molecule has 7 N–H and O–H groups in total. The van der Waals surface area contributed by atoms with Crippen LogP contribution in [0.5, 0.6) is 0 Å². The summed E-state index contributed by atoms with van der Waals surface area (Å²) in [6.45, 7) is 4.08. The van der Waals surface area contributed by atoms with Crippen molar-refractivity contribution in [3.63, 3.8) is 0 Å². The Balaban J connectivity index is 1.32. The number of nitrogens with one attached hydrogen (secondary N) is 1. The topological polar surface area (TPSA) is 187 Å². The zero-order valence-corrected chi connectivity index (χ0v) is 40.0. The molecule has 0 spiro atoms. The molecule has 2 aromatic rings. The molecule has 0 saturated carbocycles. The van der Waals surface area contributed by atoms with Gasteiger partial charge in [0.05, 0.1) is 25.5 Å². The number of aromatic nitrogens is 2. The molecule has 0 radical (unpaired) electrons. The van der Waals surface area contributed by atoms with Crippen LogP contribution < -0.4 is 5.32 Å². The van der Waals surface area contributed by atoms with Crippen LogP contribution in [0.3, 0.4) is 0 Å². The van der Waals surface area contributed by atoms with E-state index in [1.54, 1.807) is 10.9 Å². The quantitative estimate of drug-likeness (QED) is 0.0320. The lowest BCUT2D eigenvalue weighted by molar-refractivity contribution is -0.303. The summed E-state index contributed by atoms with van der Waals surface area (Å²) in [7, 11) is 0. The van der Waals surface area contributed by atoms with Crippen LogP contribution in [0.2, 0.25) is 0 Å². The summed E-state index contributed by atoms with van der Waals surface area (Å²) >= 11 is 0. The van der Waals surface area contributed by atoms with E-state index >= 15 is 0 Å². The summed E-state index contributed by atoms with van der Waals surface area (Å²) in [5.74, 6) is -0.312. The maximum atomic E-state index is 13.2. The molecule has 0 bridgehead atoms. The highest BCUT2D eigenvalue weighted by Gasteiger charge is 2.44. The Bertz CT molecular complexity index is 1430. The molecule has 8 atom stereocenters. The van der Waals surface area contributed by atoms with Gasteiger partial charge in [-0.15, -0.1) is 0 Å². The van der Waals surface area contributed by atoms with Crippen molar-refractivity contribution in [2.45, 2.75) is 256 Å². The van der Waals surface area contributed by atoms with Crippen LogP contribution >= 0.6 is 0 Å². The lowest BCUT2D eigenvalue weighted by atomic mass is 9.99. The maximum absolute atomic E-state index is 13.2. The molecular weight excluding hydrogens is 811 g/mol. The van der Waals surface area contributed by atoms with E-state index in [0.717, 1.165) is 51.4 Å². The average molecular weight is 902 g/mol. The Morgan fingerprint density at radius 2 is 1.17 bits per heavy atom. The minimum absolute atomic E-state index is 0.235. The minimum atomic E-state index is -1.65. The summed E-state index contributed by atoms with van der Waals surface area (Å²) in [6.07, 6.45) is 27.8. The fourth-order valence-corrected chi connectivity index (χ4v) is 8.82. The molecule has 1 aliphatic rings. The SMILES string of the molecule is CCCCCCCCCCCCCCCCCCCCCCCCCC(=O)N[C@@H](CO[C@H]1O[C@H](CO)[C@H](O)[C@H](O)[C@H]1O)[C@H](O)[C@H](O)c1cnn(CCCCc2ccc(CCC)cc2)c1. The van der Waals surface area contributed by atoms with Crippen molar-refractivity contribution in [2.24, 2.45) is 0 Å². The molecule has 64 heavy (non-hydrogen) atoms. The minimum Gasteiger partial charge on any atom is -0.394 e. The smallest absolute Gasteiger partial charge is 0.220 e. The van der Waals surface area contributed by atoms with Crippen LogP contribution in [-0.2, 0) is 33.7 Å². The third-order valence-corrected chi connectivity index (χ3v) is 13.0. The van der Waals surface area contributed by atoms with E-state index in [1.807, 2.05) is 0 Å². The van der Waals surface area contributed by atoms with Gasteiger partial charge in [0.2, 0.25) is 5.91 Å². The first kappa shape index (κ1) is 55.9. The first-order valence-electron chi connectivity index (χ1n) is 25.9. The number of unbranched alkanes of at least 4 members (excludes halogenated alkanes) is 23. The summed E-state index contributed by atoms with van der Waals surface area (Å²) < 4.78 is 12.9. The summed E-state index contributed by atoms with van der Waals surface area (Å²) in [5.41, 5.74) is 3.02. The number of hydrogen-bond donors (Lipinski definition) is 7. The first-order chi connectivity index (χ1) is 31.2. The Kier molecular flexibility index (Phi) is 30.4. The van der Waals surface area contributed by atoms with Gasteiger partial charge in [-0.2, -0.15) is 5.10 Å². The van der Waals surface area contributed by atoms with Crippen LogP contribution in [0.1, 0.15) is 210 Å². The Hall–Kier alpha value is -2.42. The first-order valence-corrected chi connectivity index (χ1v) is 25.9. The van der Waals surface area contributed by atoms with E-state index in [2.05, 4.69) is 48.5 Å². The zero-order valence-electron chi connectivity index (χ0n) is 40.0. The van der Waals surface area contributed by atoms with Crippen molar-refractivity contribution in [1.29, 1.82) is 0 Å². The number of ether oxygens (including phenoxy) is 2. The number of carbonyl (C=O) groups is 1. The normalized spacial score (nSPS) is 20.3. The van der Waals surface area contributed by atoms with Crippen LogP contribution in [-0.4, -0.2) is 102 Å². The third-order valence-electron chi connectivity index (χ3n) is 13.0. The van der Waals surface area contributed by atoms with E-state index in [-0.39, 0.29) is 18.9 Å². The van der Waals surface area contributed by atoms with E-state index in [9.17, 15) is 35.4 Å². The van der Waals surface area contributed by atoms with E-state index in [0.29, 0.717) is 18.5 Å². The highest BCUT2D eigenvalue weighted by atomic mass is 16.7. The number of aliphatic hydroxyl groups excluding tert-OH is 6. The molecule has 12 heteroatoms. The number of nitrogens with zero attached hydrogens (tertiary/aromatic N) is 2. The standard InChI is InChI=1S/C52H91N3O9/c1-3-5-6-7-8-9-10-11-12-13-14-15-16-17-18-19-20-21-22-23-24-25-26-31-46(57)54-44(40-63-52-51(62)50(61)49(60)45(39-56)64-52)48(59)47(58)43-37-53-55(38-43)36-28-27-30-42-34-32-41(29-4-2)33-35-42/h32-35,37-38,44-45,47-52,56,58-62H,3-31,36,39-40H2,1-2H3,(H,54,57)/t44-,45+,47+,48-,49-,50-,51+,52-/m0/s1. The van der Waals surface area contributed by atoms with Crippen molar-refractivity contribution in [1.82, 2.24) is 15.1 Å². The molecule has 1 aliphatic heterocycles. The van der Waals surface area contributed by atoms with Gasteiger partial charge in [-0.3, -0.25) is 9.48 Å². The second-order valence-electron chi connectivity index (χ2n) is 18.7. The van der Waals surface area contributed by atoms with E-state index in [4.69, 9.17) is 9.47 Å². The van der Waals surface area contributed by atoms with Gasteiger partial charge in [0, 0.05) is 24.7 Å². The molecule has 0 unspecified atom stereocenters. The zero-order chi connectivity index (χ0) is 46.2.